The molecule has 5 nitrogen and oxygen atoms in total. The monoisotopic (exact) mass is 285 g/mol. The molecule has 0 saturated carbocycles. The maximum absolute atomic E-state index is 13.1. The number of hydrogen-bond acceptors (Lipinski definition) is 4. The number of piperidine rings is 1. The molecule has 1 aliphatic rings. The normalized spacial score (nSPS) is 17.8. The van der Waals surface area contributed by atoms with Gasteiger partial charge in [-0.3, -0.25) is 0 Å². The molecule has 0 radical (unpaired) electrons. The molecule has 0 aromatic carbocycles. The van der Waals surface area contributed by atoms with Crippen molar-refractivity contribution < 1.29 is 13.2 Å². The van der Waals surface area contributed by atoms with Crippen molar-refractivity contribution in [2.45, 2.75) is 24.9 Å². The highest BCUT2D eigenvalue weighted by Gasteiger charge is 2.37. The zero-order valence-corrected chi connectivity index (χ0v) is 10.6. The van der Waals surface area contributed by atoms with E-state index in [0.29, 0.717) is 5.69 Å². The second-order valence-electron chi connectivity index (χ2n) is 4.92. The van der Waals surface area contributed by atoms with Crippen molar-refractivity contribution in [1.82, 2.24) is 19.9 Å². The van der Waals surface area contributed by atoms with Gasteiger partial charge in [0, 0.05) is 12.0 Å². The van der Waals surface area contributed by atoms with Crippen molar-refractivity contribution >= 4 is 11.3 Å². The largest absolute Gasteiger partial charge is 0.435 e. The predicted octanol–water partition coefficient (Wildman–Crippen LogP) is 1.80. The standard InChI is InChI=1S/C12H14F3N5/c13-12(14,15)11-8(16)6-18-10-5-9(19-20(10)11)7-1-3-17-4-2-7/h5-7,17H,1-4,16H2. The molecule has 108 valence electrons. The van der Waals surface area contributed by atoms with E-state index in [1.807, 2.05) is 0 Å². The molecule has 1 aliphatic heterocycles. The third kappa shape index (κ3) is 2.20. The summed E-state index contributed by atoms with van der Waals surface area (Å²) in [4.78, 5) is 3.93. The van der Waals surface area contributed by atoms with Crippen LogP contribution in [-0.4, -0.2) is 27.7 Å². The number of hydrogen-bond donors (Lipinski definition) is 2. The lowest BCUT2D eigenvalue weighted by Gasteiger charge is -2.20. The van der Waals surface area contributed by atoms with Gasteiger partial charge >= 0.3 is 6.18 Å². The predicted molar refractivity (Wildman–Crippen MR) is 67.2 cm³/mol. The summed E-state index contributed by atoms with van der Waals surface area (Å²) in [6.07, 6.45) is -1.80. The van der Waals surface area contributed by atoms with Gasteiger partial charge in [0.25, 0.3) is 0 Å². The van der Waals surface area contributed by atoms with Crippen molar-refractivity contribution in [3.05, 3.63) is 23.7 Å². The van der Waals surface area contributed by atoms with E-state index >= 15 is 0 Å². The number of aromatic nitrogens is 3. The molecule has 3 rings (SSSR count). The Hall–Kier alpha value is -1.83. The van der Waals surface area contributed by atoms with Gasteiger partial charge in [-0.1, -0.05) is 0 Å². The van der Waals surface area contributed by atoms with E-state index in [1.165, 1.54) is 0 Å². The lowest BCUT2D eigenvalue weighted by Crippen LogP contribution is -2.26. The van der Waals surface area contributed by atoms with Crippen LogP contribution in [0.4, 0.5) is 18.9 Å². The van der Waals surface area contributed by atoms with Crippen LogP contribution in [0, 0.1) is 0 Å². The fourth-order valence-electron chi connectivity index (χ4n) is 2.57. The number of nitrogen functional groups attached to an aromatic ring is 1. The van der Waals surface area contributed by atoms with E-state index in [-0.39, 0.29) is 11.6 Å². The van der Waals surface area contributed by atoms with Crippen molar-refractivity contribution in [2.75, 3.05) is 18.8 Å². The Balaban J connectivity index is 2.11. The van der Waals surface area contributed by atoms with Crippen LogP contribution in [0.2, 0.25) is 0 Å². The highest BCUT2D eigenvalue weighted by Crippen LogP contribution is 2.34. The van der Waals surface area contributed by atoms with E-state index in [0.717, 1.165) is 36.6 Å². The van der Waals surface area contributed by atoms with Gasteiger partial charge in [-0.05, 0) is 25.9 Å². The topological polar surface area (TPSA) is 68.2 Å². The second-order valence-corrected chi connectivity index (χ2v) is 4.92. The molecular formula is C12H14F3N5. The summed E-state index contributed by atoms with van der Waals surface area (Å²) in [6.45, 7) is 1.69. The Morgan fingerprint density at radius 1 is 1.30 bits per heavy atom. The first kappa shape index (κ1) is 13.2. The SMILES string of the molecule is Nc1cnc2cc(C3CCNCC3)nn2c1C(F)(F)F. The minimum absolute atomic E-state index is 0.167. The summed E-state index contributed by atoms with van der Waals surface area (Å²) < 4.78 is 40.0. The van der Waals surface area contributed by atoms with Gasteiger partial charge in [0.15, 0.2) is 11.3 Å². The number of nitrogens with one attached hydrogen (secondary N) is 1. The average molecular weight is 285 g/mol. The number of rotatable bonds is 1. The van der Waals surface area contributed by atoms with Crippen LogP contribution < -0.4 is 11.1 Å². The van der Waals surface area contributed by atoms with Gasteiger partial charge in [0.2, 0.25) is 0 Å². The Morgan fingerprint density at radius 2 is 2.00 bits per heavy atom. The number of fused-ring (bicyclic) bond motifs is 1. The van der Waals surface area contributed by atoms with Crippen molar-refractivity contribution in [3.8, 4) is 0 Å². The van der Waals surface area contributed by atoms with Crippen LogP contribution >= 0.6 is 0 Å². The molecular weight excluding hydrogens is 271 g/mol. The van der Waals surface area contributed by atoms with Crippen molar-refractivity contribution in [1.29, 1.82) is 0 Å². The first-order chi connectivity index (χ1) is 9.47. The van der Waals surface area contributed by atoms with E-state index < -0.39 is 17.6 Å². The van der Waals surface area contributed by atoms with Crippen LogP contribution in [0.5, 0.6) is 0 Å². The smallest absolute Gasteiger partial charge is 0.396 e. The fourth-order valence-corrected chi connectivity index (χ4v) is 2.57. The van der Waals surface area contributed by atoms with Crippen molar-refractivity contribution in [3.63, 3.8) is 0 Å². The maximum atomic E-state index is 13.1. The molecule has 8 heteroatoms. The lowest BCUT2D eigenvalue weighted by atomic mass is 9.95. The third-order valence-corrected chi connectivity index (χ3v) is 3.56. The van der Waals surface area contributed by atoms with Gasteiger partial charge in [0.1, 0.15) is 0 Å². The summed E-state index contributed by atoms with van der Waals surface area (Å²) >= 11 is 0. The second kappa shape index (κ2) is 4.62. The highest BCUT2D eigenvalue weighted by atomic mass is 19.4. The molecule has 0 aliphatic carbocycles. The zero-order valence-electron chi connectivity index (χ0n) is 10.6. The lowest BCUT2D eigenvalue weighted by molar-refractivity contribution is -0.141. The van der Waals surface area contributed by atoms with Crippen LogP contribution in [0.1, 0.15) is 30.1 Å². The minimum atomic E-state index is -4.55. The number of halogens is 3. The molecule has 3 heterocycles. The average Bonchev–Trinajstić information content (AvgIpc) is 2.81. The molecule has 2 aromatic heterocycles. The van der Waals surface area contributed by atoms with Gasteiger partial charge in [0.05, 0.1) is 17.6 Å². The quantitative estimate of drug-likeness (QED) is 0.838. The Morgan fingerprint density at radius 3 is 2.65 bits per heavy atom. The van der Waals surface area contributed by atoms with Gasteiger partial charge < -0.3 is 11.1 Å². The fraction of sp³-hybridized carbons (Fsp3) is 0.500. The molecule has 2 aromatic rings. The zero-order chi connectivity index (χ0) is 14.3. The van der Waals surface area contributed by atoms with Crippen LogP contribution in [0.25, 0.3) is 5.65 Å². The molecule has 1 fully saturated rings. The summed E-state index contributed by atoms with van der Waals surface area (Å²) in [5.41, 5.74) is 4.87. The first-order valence-electron chi connectivity index (χ1n) is 6.39. The van der Waals surface area contributed by atoms with Crippen LogP contribution in [0.15, 0.2) is 12.3 Å². The molecule has 3 N–H and O–H groups in total. The third-order valence-electron chi connectivity index (χ3n) is 3.56. The number of nitrogens with two attached hydrogens (primary N) is 1. The molecule has 0 bridgehead atoms. The van der Waals surface area contributed by atoms with Gasteiger partial charge in [-0.25, -0.2) is 9.50 Å². The molecule has 20 heavy (non-hydrogen) atoms. The summed E-state index contributed by atoms with van der Waals surface area (Å²) in [5, 5.41) is 7.30. The summed E-state index contributed by atoms with van der Waals surface area (Å²) in [6, 6.07) is 1.62. The van der Waals surface area contributed by atoms with Crippen LogP contribution in [-0.2, 0) is 6.18 Å². The Labute approximate surface area is 113 Å². The van der Waals surface area contributed by atoms with E-state index in [1.54, 1.807) is 6.07 Å². The molecule has 1 saturated heterocycles. The molecule has 0 unspecified atom stereocenters. The summed E-state index contributed by atoms with van der Waals surface area (Å²) in [5.74, 6) is 0.167. The minimum Gasteiger partial charge on any atom is -0.396 e. The summed E-state index contributed by atoms with van der Waals surface area (Å²) in [7, 11) is 0. The highest BCUT2D eigenvalue weighted by molar-refractivity contribution is 5.51. The van der Waals surface area contributed by atoms with Gasteiger partial charge in [-0.15, -0.1) is 0 Å². The van der Waals surface area contributed by atoms with E-state index in [2.05, 4.69) is 15.4 Å². The van der Waals surface area contributed by atoms with Gasteiger partial charge in [-0.2, -0.15) is 18.3 Å². The van der Waals surface area contributed by atoms with E-state index in [9.17, 15) is 13.2 Å². The number of alkyl halides is 3. The molecule has 0 atom stereocenters. The van der Waals surface area contributed by atoms with Crippen LogP contribution in [0.3, 0.4) is 0 Å². The number of anilines is 1. The number of nitrogens with zero attached hydrogens (tertiary/aromatic N) is 3. The Bertz CT molecular complexity index is 628. The van der Waals surface area contributed by atoms with E-state index in [4.69, 9.17) is 5.73 Å². The maximum Gasteiger partial charge on any atom is 0.435 e. The van der Waals surface area contributed by atoms with Crippen molar-refractivity contribution in [2.24, 2.45) is 0 Å². The first-order valence-corrected chi connectivity index (χ1v) is 6.39. The Kier molecular flexibility index (Phi) is 3.04. The molecule has 0 spiro atoms. The molecule has 0 amide bonds.